The molecule has 4 heteroatoms. The number of nitrogens with zero attached hydrogens (tertiary/aromatic N) is 3. The normalized spacial score (nSPS) is 26.1. The lowest BCUT2D eigenvalue weighted by Gasteiger charge is -2.33. The fourth-order valence-electron chi connectivity index (χ4n) is 2.49. The van der Waals surface area contributed by atoms with Gasteiger partial charge in [0.05, 0.1) is 0 Å². The van der Waals surface area contributed by atoms with Crippen molar-refractivity contribution in [1.29, 1.82) is 0 Å². The number of hydrazine groups is 1. The second-order valence-corrected chi connectivity index (χ2v) is 5.10. The predicted octanol–water partition coefficient (Wildman–Crippen LogP) is 0.224. The van der Waals surface area contributed by atoms with Gasteiger partial charge in [-0.05, 0) is 19.9 Å². The van der Waals surface area contributed by atoms with Crippen LogP contribution in [0.2, 0.25) is 0 Å². The maximum absolute atomic E-state index is 3.56. The minimum atomic E-state index is 1.11. The molecule has 0 saturated carbocycles. The molecule has 4 nitrogen and oxygen atoms in total. The van der Waals surface area contributed by atoms with Crippen molar-refractivity contribution in [2.24, 2.45) is 0 Å². The van der Waals surface area contributed by atoms with E-state index in [0.29, 0.717) is 0 Å². The van der Waals surface area contributed by atoms with Crippen LogP contribution in [0.4, 0.5) is 0 Å². The molecule has 0 aromatic rings. The van der Waals surface area contributed by atoms with Crippen LogP contribution in [0.15, 0.2) is 0 Å². The molecule has 0 aromatic heterocycles. The second kappa shape index (κ2) is 6.55. The first-order chi connectivity index (χ1) is 7.84. The summed E-state index contributed by atoms with van der Waals surface area (Å²) in [5, 5.41) is 2.40. The Bertz CT molecular complexity index is 183. The summed E-state index contributed by atoms with van der Waals surface area (Å²) >= 11 is 0. The number of hydrogen-bond acceptors (Lipinski definition) is 4. The number of piperazine rings is 1. The van der Waals surface area contributed by atoms with Gasteiger partial charge in [-0.3, -0.25) is 10.3 Å². The first-order valence-electron chi connectivity index (χ1n) is 6.74. The van der Waals surface area contributed by atoms with Gasteiger partial charge in [0.25, 0.3) is 0 Å². The highest BCUT2D eigenvalue weighted by Gasteiger charge is 2.14. The molecule has 16 heavy (non-hydrogen) atoms. The average Bonchev–Trinajstić information content (AvgIpc) is 2.33. The van der Waals surface area contributed by atoms with Gasteiger partial charge in [0.15, 0.2) is 0 Å². The molecule has 0 unspecified atom stereocenters. The molecule has 2 heterocycles. The van der Waals surface area contributed by atoms with Crippen LogP contribution in [-0.2, 0) is 0 Å². The first kappa shape index (κ1) is 12.3. The van der Waals surface area contributed by atoms with Crippen LogP contribution in [0.1, 0.15) is 19.3 Å². The quantitative estimate of drug-likeness (QED) is 0.740. The lowest BCUT2D eigenvalue weighted by Crippen LogP contribution is -2.49. The summed E-state index contributed by atoms with van der Waals surface area (Å²) in [6.07, 6.45) is 4.14. The van der Waals surface area contributed by atoms with Gasteiger partial charge in [0, 0.05) is 52.4 Å². The summed E-state index contributed by atoms with van der Waals surface area (Å²) < 4.78 is 0. The Balaban J connectivity index is 1.53. The van der Waals surface area contributed by atoms with Crippen LogP contribution >= 0.6 is 0 Å². The fraction of sp³-hybridized carbons (Fsp3) is 1.00. The molecular formula is C12H26N4. The molecular weight excluding hydrogens is 200 g/mol. The largest absolute Gasteiger partial charge is 0.304 e. The van der Waals surface area contributed by atoms with Crippen molar-refractivity contribution < 1.29 is 0 Å². The first-order valence-corrected chi connectivity index (χ1v) is 6.74. The highest BCUT2D eigenvalue weighted by molar-refractivity contribution is 4.70. The Labute approximate surface area is 99.5 Å². The Morgan fingerprint density at radius 2 is 1.56 bits per heavy atom. The zero-order valence-electron chi connectivity index (χ0n) is 10.6. The molecule has 0 radical (unpaired) electrons. The molecule has 2 aliphatic rings. The van der Waals surface area contributed by atoms with Gasteiger partial charge in [0.2, 0.25) is 0 Å². The summed E-state index contributed by atoms with van der Waals surface area (Å²) in [5.74, 6) is 0. The fourth-order valence-corrected chi connectivity index (χ4v) is 2.49. The average molecular weight is 226 g/mol. The van der Waals surface area contributed by atoms with Crippen LogP contribution in [0.25, 0.3) is 0 Å². The van der Waals surface area contributed by atoms with Crippen molar-refractivity contribution in [3.8, 4) is 0 Å². The van der Waals surface area contributed by atoms with Crippen LogP contribution in [0, 0.1) is 0 Å². The van der Waals surface area contributed by atoms with E-state index in [1.54, 1.807) is 0 Å². The van der Waals surface area contributed by atoms with E-state index in [1.807, 2.05) is 0 Å². The van der Waals surface area contributed by atoms with E-state index in [4.69, 9.17) is 0 Å². The van der Waals surface area contributed by atoms with Crippen molar-refractivity contribution in [3.05, 3.63) is 0 Å². The maximum atomic E-state index is 3.56. The van der Waals surface area contributed by atoms with E-state index >= 15 is 0 Å². The Hall–Kier alpha value is -0.160. The van der Waals surface area contributed by atoms with Gasteiger partial charge in [-0.15, -0.1) is 0 Å². The van der Waals surface area contributed by atoms with Gasteiger partial charge < -0.3 is 4.90 Å². The monoisotopic (exact) mass is 226 g/mol. The van der Waals surface area contributed by atoms with E-state index in [1.165, 1.54) is 65.1 Å². The Kier molecular flexibility index (Phi) is 5.03. The molecule has 0 bridgehead atoms. The summed E-state index contributed by atoms with van der Waals surface area (Å²) in [7, 11) is 2.21. The van der Waals surface area contributed by atoms with Crippen molar-refractivity contribution in [2.45, 2.75) is 19.3 Å². The van der Waals surface area contributed by atoms with Crippen LogP contribution < -0.4 is 5.43 Å². The lowest BCUT2D eigenvalue weighted by molar-refractivity contribution is 0.121. The molecule has 1 N–H and O–H groups in total. The highest BCUT2D eigenvalue weighted by Crippen LogP contribution is 2.05. The number of hydrogen-bond donors (Lipinski definition) is 1. The predicted molar refractivity (Wildman–Crippen MR) is 67.4 cm³/mol. The van der Waals surface area contributed by atoms with Gasteiger partial charge in [-0.1, -0.05) is 6.42 Å². The minimum absolute atomic E-state index is 1.11. The molecule has 2 rings (SSSR count). The van der Waals surface area contributed by atoms with Crippen LogP contribution in [0.5, 0.6) is 0 Å². The Morgan fingerprint density at radius 1 is 0.875 bits per heavy atom. The molecule has 0 spiro atoms. The molecule has 2 saturated heterocycles. The molecule has 0 aliphatic carbocycles. The second-order valence-electron chi connectivity index (χ2n) is 5.10. The van der Waals surface area contributed by atoms with Crippen molar-refractivity contribution in [1.82, 2.24) is 20.2 Å². The standard InChI is InChI=1S/C12H26N4/c1-14-9-11-15(12-10-14)8-5-13-16-6-3-2-4-7-16/h13H,2-12H2,1H3. The molecule has 0 atom stereocenters. The van der Waals surface area contributed by atoms with Crippen LogP contribution in [-0.4, -0.2) is 74.2 Å². The number of likely N-dealkylation sites (N-methyl/N-ethyl adjacent to an activating group) is 1. The molecule has 94 valence electrons. The van der Waals surface area contributed by atoms with Gasteiger partial charge in [-0.2, -0.15) is 0 Å². The summed E-state index contributed by atoms with van der Waals surface area (Å²) in [6.45, 7) is 9.71. The van der Waals surface area contributed by atoms with Gasteiger partial charge >= 0.3 is 0 Å². The summed E-state index contributed by atoms with van der Waals surface area (Å²) in [5.41, 5.74) is 3.56. The van der Waals surface area contributed by atoms with Crippen molar-refractivity contribution in [3.63, 3.8) is 0 Å². The number of rotatable bonds is 4. The smallest absolute Gasteiger partial charge is 0.0230 e. The minimum Gasteiger partial charge on any atom is -0.304 e. The third kappa shape index (κ3) is 4.01. The maximum Gasteiger partial charge on any atom is 0.0230 e. The van der Waals surface area contributed by atoms with Crippen molar-refractivity contribution >= 4 is 0 Å². The zero-order valence-corrected chi connectivity index (χ0v) is 10.6. The van der Waals surface area contributed by atoms with E-state index in [-0.39, 0.29) is 0 Å². The SMILES string of the molecule is CN1CCN(CCNN2CCCCC2)CC1. The topological polar surface area (TPSA) is 21.8 Å². The van der Waals surface area contributed by atoms with Gasteiger partial charge in [-0.25, -0.2) is 5.01 Å². The third-order valence-corrected chi connectivity index (χ3v) is 3.72. The molecule has 0 amide bonds. The van der Waals surface area contributed by atoms with E-state index in [0.717, 1.165) is 6.54 Å². The third-order valence-electron chi connectivity index (χ3n) is 3.72. The van der Waals surface area contributed by atoms with Crippen LogP contribution in [0.3, 0.4) is 0 Å². The van der Waals surface area contributed by atoms with E-state index < -0.39 is 0 Å². The van der Waals surface area contributed by atoms with E-state index in [2.05, 4.69) is 27.3 Å². The highest BCUT2D eigenvalue weighted by atomic mass is 15.5. The number of piperidine rings is 1. The molecule has 2 fully saturated rings. The zero-order chi connectivity index (χ0) is 11.2. The van der Waals surface area contributed by atoms with Crippen molar-refractivity contribution in [2.75, 3.05) is 59.4 Å². The Morgan fingerprint density at radius 3 is 2.25 bits per heavy atom. The number of nitrogens with one attached hydrogen (secondary N) is 1. The van der Waals surface area contributed by atoms with E-state index in [9.17, 15) is 0 Å². The molecule has 2 aliphatic heterocycles. The summed E-state index contributed by atoms with van der Waals surface area (Å²) in [6, 6.07) is 0. The lowest BCUT2D eigenvalue weighted by atomic mass is 10.2. The van der Waals surface area contributed by atoms with Gasteiger partial charge in [0.1, 0.15) is 0 Å². The molecule has 0 aromatic carbocycles. The summed E-state index contributed by atoms with van der Waals surface area (Å²) in [4.78, 5) is 4.98.